The van der Waals surface area contributed by atoms with E-state index in [2.05, 4.69) is 6.92 Å². The Morgan fingerprint density at radius 2 is 1.63 bits per heavy atom. The lowest BCUT2D eigenvalue weighted by atomic mass is 10.2. The van der Waals surface area contributed by atoms with Crippen LogP contribution in [0.2, 0.25) is 0 Å². The first kappa shape index (κ1) is 13.1. The number of carbonyl (C=O) groups excluding carboxylic acids is 1. The number of para-hydroxylation sites is 1. The van der Waals surface area contributed by atoms with Gasteiger partial charge in [0, 0.05) is 0 Å². The predicted octanol–water partition coefficient (Wildman–Crippen LogP) is 3.23. The van der Waals surface area contributed by atoms with E-state index in [0.717, 1.165) is 6.42 Å². The molecule has 0 atom stereocenters. The highest BCUT2D eigenvalue weighted by Gasteiger charge is 2.05. The van der Waals surface area contributed by atoms with E-state index < -0.39 is 5.97 Å². The van der Waals surface area contributed by atoms with E-state index in [0.29, 0.717) is 11.5 Å². The average molecular weight is 256 g/mol. The van der Waals surface area contributed by atoms with Crippen LogP contribution in [0, 0.1) is 0 Å². The zero-order valence-corrected chi connectivity index (χ0v) is 10.8. The Hall–Kier alpha value is -2.29. The highest BCUT2D eigenvalue weighted by Crippen LogP contribution is 2.13. The normalized spacial score (nSPS) is 9.95. The first-order chi connectivity index (χ1) is 9.28. The Morgan fingerprint density at radius 3 is 2.26 bits per heavy atom. The molecule has 0 aromatic heterocycles. The summed E-state index contributed by atoms with van der Waals surface area (Å²) < 4.78 is 10.5. The largest absolute Gasteiger partial charge is 0.482 e. The Balaban J connectivity index is 1.83. The smallest absolute Gasteiger partial charge is 0.349 e. The van der Waals surface area contributed by atoms with Gasteiger partial charge in [-0.15, -0.1) is 0 Å². The molecule has 98 valence electrons. The fourth-order valence-electron chi connectivity index (χ4n) is 1.61. The van der Waals surface area contributed by atoms with Crippen molar-refractivity contribution >= 4 is 5.97 Å². The van der Waals surface area contributed by atoms with Crippen molar-refractivity contribution in [2.24, 2.45) is 0 Å². The van der Waals surface area contributed by atoms with Gasteiger partial charge in [-0.1, -0.05) is 37.3 Å². The molecule has 0 aliphatic rings. The fourth-order valence-corrected chi connectivity index (χ4v) is 1.61. The van der Waals surface area contributed by atoms with E-state index in [1.807, 2.05) is 42.5 Å². The molecule has 0 unspecified atom stereocenters. The number of aryl methyl sites for hydroxylation is 1. The molecule has 3 heteroatoms. The maximum atomic E-state index is 11.6. The molecule has 2 aromatic carbocycles. The minimum atomic E-state index is -0.411. The number of rotatable bonds is 5. The molecule has 0 amide bonds. The Morgan fingerprint density at radius 1 is 0.947 bits per heavy atom. The Labute approximate surface area is 112 Å². The molecular weight excluding hydrogens is 240 g/mol. The third kappa shape index (κ3) is 4.14. The molecule has 0 saturated heterocycles. The highest BCUT2D eigenvalue weighted by molar-refractivity contribution is 5.73. The summed E-state index contributed by atoms with van der Waals surface area (Å²) in [6, 6.07) is 16.6. The van der Waals surface area contributed by atoms with E-state index >= 15 is 0 Å². The first-order valence-electron chi connectivity index (χ1n) is 6.25. The second kappa shape index (κ2) is 6.59. The SMILES string of the molecule is CCc1ccc(OCC(=O)Oc2ccccc2)cc1. The lowest BCUT2D eigenvalue weighted by molar-refractivity contribution is -0.136. The minimum Gasteiger partial charge on any atom is -0.482 e. The average Bonchev–Trinajstić information content (AvgIpc) is 2.47. The van der Waals surface area contributed by atoms with Crippen LogP contribution in [-0.2, 0) is 11.2 Å². The van der Waals surface area contributed by atoms with E-state index in [-0.39, 0.29) is 6.61 Å². The van der Waals surface area contributed by atoms with Gasteiger partial charge in [-0.2, -0.15) is 0 Å². The van der Waals surface area contributed by atoms with Crippen LogP contribution in [0.15, 0.2) is 54.6 Å². The van der Waals surface area contributed by atoms with Crippen molar-refractivity contribution in [2.75, 3.05) is 6.61 Å². The van der Waals surface area contributed by atoms with Crippen molar-refractivity contribution in [3.63, 3.8) is 0 Å². The van der Waals surface area contributed by atoms with Gasteiger partial charge in [-0.05, 0) is 36.2 Å². The van der Waals surface area contributed by atoms with Gasteiger partial charge < -0.3 is 9.47 Å². The van der Waals surface area contributed by atoms with E-state index in [1.165, 1.54) is 5.56 Å². The number of carbonyl (C=O) groups is 1. The maximum absolute atomic E-state index is 11.6. The van der Waals surface area contributed by atoms with E-state index in [1.54, 1.807) is 12.1 Å². The van der Waals surface area contributed by atoms with E-state index in [9.17, 15) is 4.79 Å². The minimum absolute atomic E-state index is 0.0969. The molecule has 19 heavy (non-hydrogen) atoms. The van der Waals surface area contributed by atoms with Crippen LogP contribution in [0.25, 0.3) is 0 Å². The topological polar surface area (TPSA) is 35.5 Å². The van der Waals surface area contributed by atoms with Crippen molar-refractivity contribution in [1.82, 2.24) is 0 Å². The van der Waals surface area contributed by atoms with Crippen molar-refractivity contribution in [2.45, 2.75) is 13.3 Å². The van der Waals surface area contributed by atoms with Crippen LogP contribution >= 0.6 is 0 Å². The summed E-state index contributed by atoms with van der Waals surface area (Å²) >= 11 is 0. The van der Waals surface area contributed by atoms with Crippen molar-refractivity contribution < 1.29 is 14.3 Å². The Kier molecular flexibility index (Phi) is 4.56. The summed E-state index contributed by atoms with van der Waals surface area (Å²) in [5.41, 5.74) is 1.24. The molecule has 0 spiro atoms. The van der Waals surface area contributed by atoms with E-state index in [4.69, 9.17) is 9.47 Å². The monoisotopic (exact) mass is 256 g/mol. The molecule has 0 radical (unpaired) electrons. The van der Waals surface area contributed by atoms with Gasteiger partial charge in [0.15, 0.2) is 6.61 Å². The standard InChI is InChI=1S/C16H16O3/c1-2-13-8-10-14(11-9-13)18-12-16(17)19-15-6-4-3-5-7-15/h3-11H,2,12H2,1H3. The number of ether oxygens (including phenoxy) is 2. The summed E-state index contributed by atoms with van der Waals surface area (Å²) in [6.07, 6.45) is 0.982. The molecule has 0 fully saturated rings. The highest BCUT2D eigenvalue weighted by atomic mass is 16.6. The molecule has 0 heterocycles. The Bertz CT molecular complexity index is 517. The number of benzene rings is 2. The third-order valence-electron chi connectivity index (χ3n) is 2.66. The van der Waals surface area contributed by atoms with Gasteiger partial charge in [0.2, 0.25) is 0 Å². The van der Waals surface area contributed by atoms with Crippen LogP contribution in [0.3, 0.4) is 0 Å². The zero-order chi connectivity index (χ0) is 13.5. The molecule has 0 bridgehead atoms. The number of esters is 1. The van der Waals surface area contributed by atoms with Gasteiger partial charge in [0.25, 0.3) is 0 Å². The summed E-state index contributed by atoms with van der Waals surface area (Å²) in [7, 11) is 0. The molecule has 2 rings (SSSR count). The summed E-state index contributed by atoms with van der Waals surface area (Å²) in [5.74, 6) is 0.783. The summed E-state index contributed by atoms with van der Waals surface area (Å²) in [5, 5.41) is 0. The molecule has 0 saturated carbocycles. The second-order valence-corrected chi connectivity index (χ2v) is 4.07. The van der Waals surface area contributed by atoms with Gasteiger partial charge in [-0.3, -0.25) is 0 Å². The van der Waals surface area contributed by atoms with Crippen LogP contribution < -0.4 is 9.47 Å². The predicted molar refractivity (Wildman–Crippen MR) is 73.4 cm³/mol. The molecule has 0 aliphatic carbocycles. The van der Waals surface area contributed by atoms with Crippen molar-refractivity contribution in [3.8, 4) is 11.5 Å². The van der Waals surface area contributed by atoms with Gasteiger partial charge in [0.1, 0.15) is 11.5 Å². The molecule has 3 nitrogen and oxygen atoms in total. The molecule has 2 aromatic rings. The molecular formula is C16H16O3. The third-order valence-corrected chi connectivity index (χ3v) is 2.66. The first-order valence-corrected chi connectivity index (χ1v) is 6.25. The van der Waals surface area contributed by atoms with Gasteiger partial charge in [-0.25, -0.2) is 4.79 Å². The zero-order valence-electron chi connectivity index (χ0n) is 10.8. The summed E-state index contributed by atoms with van der Waals surface area (Å²) in [6.45, 7) is 1.99. The lowest BCUT2D eigenvalue weighted by Crippen LogP contribution is -2.17. The van der Waals surface area contributed by atoms with Crippen LogP contribution in [0.5, 0.6) is 11.5 Å². The van der Waals surface area contributed by atoms with Crippen LogP contribution in [0.1, 0.15) is 12.5 Å². The molecule has 0 aliphatic heterocycles. The number of hydrogen-bond donors (Lipinski definition) is 0. The van der Waals surface area contributed by atoms with Crippen LogP contribution in [0.4, 0.5) is 0 Å². The van der Waals surface area contributed by atoms with Gasteiger partial charge in [0.05, 0.1) is 0 Å². The van der Waals surface area contributed by atoms with Gasteiger partial charge >= 0.3 is 5.97 Å². The fraction of sp³-hybridized carbons (Fsp3) is 0.188. The lowest BCUT2D eigenvalue weighted by Gasteiger charge is -2.07. The quantitative estimate of drug-likeness (QED) is 0.608. The second-order valence-electron chi connectivity index (χ2n) is 4.07. The van der Waals surface area contributed by atoms with Crippen molar-refractivity contribution in [3.05, 3.63) is 60.2 Å². The van der Waals surface area contributed by atoms with Crippen LogP contribution in [-0.4, -0.2) is 12.6 Å². The van der Waals surface area contributed by atoms with Crippen molar-refractivity contribution in [1.29, 1.82) is 0 Å². The number of hydrogen-bond acceptors (Lipinski definition) is 3. The molecule has 0 N–H and O–H groups in total. The summed E-state index contributed by atoms with van der Waals surface area (Å²) in [4.78, 5) is 11.6. The maximum Gasteiger partial charge on any atom is 0.349 e.